The molecule has 0 aromatic carbocycles. The van der Waals surface area contributed by atoms with Crippen LogP contribution in [-0.2, 0) is 29.3 Å². The summed E-state index contributed by atoms with van der Waals surface area (Å²) in [5, 5.41) is 0. The fourth-order valence-electron chi connectivity index (χ4n) is 2.75. The van der Waals surface area contributed by atoms with Crippen LogP contribution in [-0.4, -0.2) is 88.6 Å². The van der Waals surface area contributed by atoms with Gasteiger partial charge in [-0.1, -0.05) is 26.7 Å². The van der Waals surface area contributed by atoms with Crippen LogP contribution in [0, 0.1) is 0 Å². The summed E-state index contributed by atoms with van der Waals surface area (Å²) in [5.41, 5.74) is 0. The van der Waals surface area contributed by atoms with Gasteiger partial charge < -0.3 is 9.80 Å². The van der Waals surface area contributed by atoms with Gasteiger partial charge in [0.05, 0.1) is 23.0 Å². The van der Waals surface area contributed by atoms with E-state index >= 15 is 0 Å². The summed E-state index contributed by atoms with van der Waals surface area (Å²) in [6, 6.07) is 0. The van der Waals surface area contributed by atoms with E-state index in [0.29, 0.717) is 38.8 Å². The van der Waals surface area contributed by atoms with Crippen LogP contribution < -0.4 is 0 Å². The lowest BCUT2D eigenvalue weighted by atomic mass is 10.3. The summed E-state index contributed by atoms with van der Waals surface area (Å²) in [5.74, 6) is 0.0750. The fraction of sp³-hybridized carbons (Fsp3) is 0.900. The molecule has 0 saturated carbocycles. The molecule has 0 aliphatic carbocycles. The maximum Gasteiger partial charge on any atom is 0.222 e. The van der Waals surface area contributed by atoms with Crippen molar-refractivity contribution in [1.29, 1.82) is 0 Å². The number of hydrogen-bond donors (Lipinski definition) is 0. The van der Waals surface area contributed by atoms with Crippen molar-refractivity contribution in [3.63, 3.8) is 0 Å². The van der Waals surface area contributed by atoms with Crippen molar-refractivity contribution < 1.29 is 26.4 Å². The highest BCUT2D eigenvalue weighted by atomic mass is 32.2. The van der Waals surface area contributed by atoms with Crippen molar-refractivity contribution in [2.45, 2.75) is 65.2 Å². The van der Waals surface area contributed by atoms with E-state index in [1.165, 1.54) is 9.80 Å². The summed E-state index contributed by atoms with van der Waals surface area (Å²) in [6.07, 6.45) is 3.85. The van der Waals surface area contributed by atoms with Crippen LogP contribution in [0.2, 0.25) is 0 Å². The SMILES string of the molecule is CCCCS(=O)(=O)CCCC(=O)N(C)CCN(C)C(=O)CCCS(=O)(=O)CCCC. The van der Waals surface area contributed by atoms with Crippen molar-refractivity contribution in [3.05, 3.63) is 0 Å². The van der Waals surface area contributed by atoms with E-state index in [0.717, 1.165) is 12.8 Å². The van der Waals surface area contributed by atoms with Crippen LogP contribution in [0.4, 0.5) is 0 Å². The molecule has 0 aliphatic rings. The quantitative estimate of drug-likeness (QED) is 0.322. The molecule has 0 spiro atoms. The average molecular weight is 469 g/mol. The van der Waals surface area contributed by atoms with E-state index in [-0.39, 0.29) is 47.7 Å². The Morgan fingerprint density at radius 3 is 1.20 bits per heavy atom. The summed E-state index contributed by atoms with van der Waals surface area (Å²) >= 11 is 0. The van der Waals surface area contributed by atoms with E-state index in [9.17, 15) is 26.4 Å². The van der Waals surface area contributed by atoms with Crippen molar-refractivity contribution >= 4 is 31.5 Å². The topological polar surface area (TPSA) is 109 Å². The molecule has 2 amide bonds. The molecule has 0 bridgehead atoms. The minimum atomic E-state index is -3.09. The number of sulfone groups is 2. The van der Waals surface area contributed by atoms with Gasteiger partial charge in [-0.2, -0.15) is 0 Å². The predicted octanol–water partition coefficient (Wildman–Crippen LogP) is 1.89. The Hall–Kier alpha value is -1.16. The van der Waals surface area contributed by atoms with Crippen molar-refractivity contribution in [3.8, 4) is 0 Å². The zero-order valence-electron chi connectivity index (χ0n) is 19.1. The second kappa shape index (κ2) is 14.8. The molecule has 0 heterocycles. The summed E-state index contributed by atoms with van der Waals surface area (Å²) in [4.78, 5) is 27.3. The Morgan fingerprint density at radius 2 is 0.900 bits per heavy atom. The summed E-state index contributed by atoms with van der Waals surface area (Å²) in [6.45, 7) is 4.56. The first-order valence-electron chi connectivity index (χ1n) is 10.8. The number of rotatable bonds is 17. The van der Waals surface area contributed by atoms with Crippen molar-refractivity contribution in [1.82, 2.24) is 9.80 Å². The monoisotopic (exact) mass is 468 g/mol. The molecule has 0 saturated heterocycles. The van der Waals surface area contributed by atoms with Crippen LogP contribution in [0.15, 0.2) is 0 Å². The third-order valence-electron chi connectivity index (χ3n) is 4.93. The Morgan fingerprint density at radius 1 is 0.600 bits per heavy atom. The van der Waals surface area contributed by atoms with Crippen LogP contribution in [0.5, 0.6) is 0 Å². The van der Waals surface area contributed by atoms with Gasteiger partial charge in [0.1, 0.15) is 19.7 Å². The van der Waals surface area contributed by atoms with Gasteiger partial charge in [0.25, 0.3) is 0 Å². The highest BCUT2D eigenvalue weighted by Gasteiger charge is 2.16. The van der Waals surface area contributed by atoms with Crippen molar-refractivity contribution in [2.24, 2.45) is 0 Å². The zero-order valence-corrected chi connectivity index (χ0v) is 20.7. The highest BCUT2D eigenvalue weighted by molar-refractivity contribution is 7.91. The summed E-state index contributed by atoms with van der Waals surface area (Å²) < 4.78 is 47.3. The fourth-order valence-corrected chi connectivity index (χ4v) is 5.78. The molecule has 0 unspecified atom stereocenters. The van der Waals surface area contributed by atoms with Gasteiger partial charge in [-0.05, 0) is 25.7 Å². The molecule has 0 atom stereocenters. The molecule has 0 aromatic rings. The average Bonchev–Trinajstić information content (AvgIpc) is 2.68. The van der Waals surface area contributed by atoms with E-state index in [1.54, 1.807) is 14.1 Å². The van der Waals surface area contributed by atoms with Crippen LogP contribution >= 0.6 is 0 Å². The molecule has 178 valence electrons. The summed E-state index contributed by atoms with van der Waals surface area (Å²) in [7, 11) is -2.92. The third kappa shape index (κ3) is 14.0. The molecule has 0 aliphatic heterocycles. The Balaban J connectivity index is 4.16. The number of hydrogen-bond acceptors (Lipinski definition) is 6. The van der Waals surface area contributed by atoms with Crippen molar-refractivity contribution in [2.75, 3.05) is 50.2 Å². The van der Waals surface area contributed by atoms with E-state index in [1.807, 2.05) is 13.8 Å². The number of likely N-dealkylation sites (N-methyl/N-ethyl adjacent to an activating group) is 2. The van der Waals surface area contributed by atoms with Gasteiger partial charge in [0, 0.05) is 40.0 Å². The number of unbranched alkanes of at least 4 members (excludes halogenated alkanes) is 2. The number of nitrogens with zero attached hydrogens (tertiary/aromatic N) is 2. The van der Waals surface area contributed by atoms with E-state index in [2.05, 4.69) is 0 Å². The number of amides is 2. The number of carbonyl (C=O) groups excluding carboxylic acids is 2. The molecule has 8 nitrogen and oxygen atoms in total. The van der Waals surface area contributed by atoms with Gasteiger partial charge >= 0.3 is 0 Å². The van der Waals surface area contributed by atoms with Gasteiger partial charge in [-0.25, -0.2) is 16.8 Å². The smallest absolute Gasteiger partial charge is 0.222 e. The first kappa shape index (κ1) is 28.8. The molecule has 30 heavy (non-hydrogen) atoms. The Kier molecular flexibility index (Phi) is 14.2. The normalized spacial score (nSPS) is 12.0. The van der Waals surface area contributed by atoms with Gasteiger partial charge in [0.15, 0.2) is 0 Å². The molecular weight excluding hydrogens is 428 g/mol. The third-order valence-corrected chi connectivity index (χ3v) is 8.57. The van der Waals surface area contributed by atoms with Crippen LogP contribution in [0.25, 0.3) is 0 Å². The maximum absolute atomic E-state index is 12.2. The lowest BCUT2D eigenvalue weighted by Crippen LogP contribution is -2.37. The first-order chi connectivity index (χ1) is 13.9. The van der Waals surface area contributed by atoms with E-state index < -0.39 is 19.7 Å². The Bertz CT molecular complexity index is 658. The molecule has 0 aromatic heterocycles. The van der Waals surface area contributed by atoms with Gasteiger partial charge in [-0.3, -0.25) is 9.59 Å². The van der Waals surface area contributed by atoms with Gasteiger partial charge in [0.2, 0.25) is 11.8 Å². The molecule has 10 heteroatoms. The predicted molar refractivity (Wildman–Crippen MR) is 121 cm³/mol. The van der Waals surface area contributed by atoms with Crippen LogP contribution in [0.3, 0.4) is 0 Å². The molecular formula is C20H40N2O6S2. The maximum atomic E-state index is 12.2. The highest BCUT2D eigenvalue weighted by Crippen LogP contribution is 2.05. The van der Waals surface area contributed by atoms with E-state index in [4.69, 9.17) is 0 Å². The molecule has 0 fully saturated rings. The number of carbonyl (C=O) groups is 2. The minimum Gasteiger partial charge on any atom is -0.344 e. The molecule has 0 N–H and O–H groups in total. The second-order valence-electron chi connectivity index (χ2n) is 7.85. The lowest BCUT2D eigenvalue weighted by molar-refractivity contribution is -0.133. The largest absolute Gasteiger partial charge is 0.344 e. The lowest BCUT2D eigenvalue weighted by Gasteiger charge is -2.22. The van der Waals surface area contributed by atoms with Gasteiger partial charge in [-0.15, -0.1) is 0 Å². The standard InChI is InChI=1S/C20H40N2O6S2/c1-5-7-15-29(25,26)17-9-11-19(23)21(3)13-14-22(4)20(24)12-10-18-30(27,28)16-8-6-2/h5-18H2,1-4H3. The first-order valence-corrected chi connectivity index (χ1v) is 14.5. The second-order valence-corrected chi connectivity index (χ2v) is 12.5. The Labute approximate surface area is 183 Å². The zero-order chi connectivity index (χ0) is 23.2. The molecule has 0 radical (unpaired) electrons. The molecule has 0 rings (SSSR count). The minimum absolute atomic E-state index is 0.0200. The van der Waals surface area contributed by atoms with Crippen LogP contribution in [0.1, 0.15) is 65.2 Å².